The van der Waals surface area contributed by atoms with Gasteiger partial charge in [-0.25, -0.2) is 0 Å². The molecule has 0 radical (unpaired) electrons. The zero-order valence-electron chi connectivity index (χ0n) is 12.2. The van der Waals surface area contributed by atoms with Gasteiger partial charge in [0, 0.05) is 7.11 Å². The second kappa shape index (κ2) is 8.68. The largest absolute Gasteiger partial charge is 0.382 e. The molecule has 112 valence electrons. The van der Waals surface area contributed by atoms with Gasteiger partial charge in [-0.3, -0.25) is 10.1 Å². The first kappa shape index (κ1) is 16.6. The van der Waals surface area contributed by atoms with Crippen molar-refractivity contribution in [3.8, 4) is 0 Å². The summed E-state index contributed by atoms with van der Waals surface area (Å²) in [5, 5.41) is 3.24. The third-order valence-electron chi connectivity index (χ3n) is 3.11. The first-order chi connectivity index (χ1) is 9.67. The summed E-state index contributed by atoms with van der Waals surface area (Å²) < 4.78 is 10.5. The highest BCUT2D eigenvalue weighted by molar-refractivity contribution is 5.86. The number of hydrogen-bond acceptors (Lipinski definition) is 4. The first-order valence-electron chi connectivity index (χ1n) is 6.84. The molecule has 20 heavy (non-hydrogen) atoms. The van der Waals surface area contributed by atoms with Gasteiger partial charge in [-0.2, -0.15) is 0 Å². The van der Waals surface area contributed by atoms with E-state index in [4.69, 9.17) is 15.2 Å². The summed E-state index contributed by atoms with van der Waals surface area (Å²) in [7, 11) is 1.61. The van der Waals surface area contributed by atoms with Crippen molar-refractivity contribution in [3.05, 3.63) is 35.9 Å². The van der Waals surface area contributed by atoms with E-state index in [0.717, 1.165) is 12.0 Å². The fourth-order valence-electron chi connectivity index (χ4n) is 1.97. The molecule has 5 nitrogen and oxygen atoms in total. The predicted octanol–water partition coefficient (Wildman–Crippen LogP) is 1.03. The van der Waals surface area contributed by atoms with Gasteiger partial charge in [0.2, 0.25) is 5.91 Å². The van der Waals surface area contributed by atoms with E-state index in [1.54, 1.807) is 7.11 Å². The van der Waals surface area contributed by atoms with Gasteiger partial charge in [-0.1, -0.05) is 37.3 Å². The Morgan fingerprint density at radius 3 is 2.55 bits per heavy atom. The fraction of sp³-hybridized carbons (Fsp3) is 0.533. The maximum absolute atomic E-state index is 12.0. The molecule has 1 aromatic carbocycles. The summed E-state index contributed by atoms with van der Waals surface area (Å²) in [5.41, 5.74) is 5.47. The van der Waals surface area contributed by atoms with Crippen molar-refractivity contribution in [1.29, 1.82) is 0 Å². The van der Waals surface area contributed by atoms with E-state index < -0.39 is 11.4 Å². The van der Waals surface area contributed by atoms with Gasteiger partial charge < -0.3 is 15.2 Å². The zero-order valence-corrected chi connectivity index (χ0v) is 12.2. The van der Waals surface area contributed by atoms with Crippen molar-refractivity contribution in [1.82, 2.24) is 5.32 Å². The van der Waals surface area contributed by atoms with E-state index in [1.165, 1.54) is 0 Å². The number of carbonyl (C=O) groups excluding carboxylic acids is 1. The molecule has 3 N–H and O–H groups in total. The van der Waals surface area contributed by atoms with E-state index in [9.17, 15) is 4.79 Å². The van der Waals surface area contributed by atoms with E-state index in [0.29, 0.717) is 19.8 Å². The van der Waals surface area contributed by atoms with Crippen LogP contribution >= 0.6 is 0 Å². The number of nitrogens with two attached hydrogens (primary N) is 1. The summed E-state index contributed by atoms with van der Waals surface area (Å²) in [4.78, 5) is 12.0. The fourth-order valence-corrected chi connectivity index (χ4v) is 1.97. The van der Waals surface area contributed by atoms with E-state index in [1.807, 2.05) is 37.3 Å². The Bertz CT molecular complexity index is 397. The Balaban J connectivity index is 2.92. The van der Waals surface area contributed by atoms with Crippen LogP contribution in [0.15, 0.2) is 30.3 Å². The van der Waals surface area contributed by atoms with Crippen LogP contribution in [0.2, 0.25) is 0 Å². The van der Waals surface area contributed by atoms with Crippen molar-refractivity contribution in [3.63, 3.8) is 0 Å². The van der Waals surface area contributed by atoms with Crippen LogP contribution in [0.1, 0.15) is 18.9 Å². The highest BCUT2D eigenvalue weighted by Gasteiger charge is 2.38. The molecular weight excluding hydrogens is 256 g/mol. The molecule has 1 atom stereocenters. The molecule has 0 aromatic heterocycles. The Morgan fingerprint density at radius 2 is 2.00 bits per heavy atom. The molecule has 0 saturated heterocycles. The predicted molar refractivity (Wildman–Crippen MR) is 78.3 cm³/mol. The van der Waals surface area contributed by atoms with Crippen LogP contribution in [-0.2, 0) is 19.8 Å². The lowest BCUT2D eigenvalue weighted by molar-refractivity contribution is -0.128. The average Bonchev–Trinajstić information content (AvgIpc) is 2.47. The van der Waals surface area contributed by atoms with Crippen LogP contribution in [0, 0.1) is 0 Å². The number of carbonyl (C=O) groups is 1. The highest BCUT2D eigenvalue weighted by atomic mass is 16.5. The molecular formula is C15H24N2O3. The Hall–Kier alpha value is -1.43. The monoisotopic (exact) mass is 280 g/mol. The van der Waals surface area contributed by atoms with Crippen LogP contribution in [0.5, 0.6) is 0 Å². The van der Waals surface area contributed by atoms with E-state index >= 15 is 0 Å². The van der Waals surface area contributed by atoms with Crippen molar-refractivity contribution < 1.29 is 14.3 Å². The third-order valence-corrected chi connectivity index (χ3v) is 3.11. The third kappa shape index (κ3) is 4.30. The second-order valence-corrected chi connectivity index (χ2v) is 4.61. The van der Waals surface area contributed by atoms with Gasteiger partial charge in [0.15, 0.2) is 0 Å². The summed E-state index contributed by atoms with van der Waals surface area (Å²) in [6, 6.07) is 9.44. The molecule has 1 aromatic rings. The topological polar surface area (TPSA) is 73.6 Å². The number of ether oxygens (including phenoxy) is 2. The van der Waals surface area contributed by atoms with E-state index in [-0.39, 0.29) is 6.61 Å². The van der Waals surface area contributed by atoms with Gasteiger partial charge >= 0.3 is 0 Å². The lowest BCUT2D eigenvalue weighted by atomic mass is 9.89. The normalized spacial score (nSPS) is 13.9. The number of amides is 1. The second-order valence-electron chi connectivity index (χ2n) is 4.61. The number of primary amides is 1. The van der Waals surface area contributed by atoms with Crippen LogP contribution in [0.4, 0.5) is 0 Å². The van der Waals surface area contributed by atoms with Crippen LogP contribution in [0.3, 0.4) is 0 Å². The SMILES string of the molecule is CCCNC(COCCOC)(C(N)=O)c1ccccc1. The first-order valence-corrected chi connectivity index (χ1v) is 6.84. The summed E-state index contributed by atoms with van der Waals surface area (Å²) in [5.74, 6) is -0.436. The molecule has 0 saturated carbocycles. The van der Waals surface area contributed by atoms with Gasteiger partial charge in [0.05, 0.1) is 19.8 Å². The lowest BCUT2D eigenvalue weighted by Gasteiger charge is -2.32. The highest BCUT2D eigenvalue weighted by Crippen LogP contribution is 2.21. The number of benzene rings is 1. The number of hydrogen-bond donors (Lipinski definition) is 2. The molecule has 0 bridgehead atoms. The van der Waals surface area contributed by atoms with E-state index in [2.05, 4.69) is 5.32 Å². The Labute approximate surface area is 120 Å². The molecule has 0 aliphatic carbocycles. The number of nitrogens with one attached hydrogen (secondary N) is 1. The number of rotatable bonds is 10. The summed E-state index contributed by atoms with van der Waals surface area (Å²) >= 11 is 0. The standard InChI is InChI=1S/C15H24N2O3/c1-3-9-17-15(14(16)18,12-20-11-10-19-2)13-7-5-4-6-8-13/h4-8,17H,3,9-12H2,1-2H3,(H2,16,18). The molecule has 1 unspecified atom stereocenters. The minimum absolute atomic E-state index is 0.190. The van der Waals surface area contributed by atoms with Crippen molar-refractivity contribution >= 4 is 5.91 Å². The van der Waals surface area contributed by atoms with Gasteiger partial charge in [0.1, 0.15) is 5.54 Å². The van der Waals surface area contributed by atoms with Crippen molar-refractivity contribution in [2.75, 3.05) is 33.5 Å². The minimum atomic E-state index is -0.995. The maximum atomic E-state index is 12.0. The van der Waals surface area contributed by atoms with Crippen molar-refractivity contribution in [2.24, 2.45) is 5.73 Å². The average molecular weight is 280 g/mol. The molecule has 1 amide bonds. The van der Waals surface area contributed by atoms with Gasteiger partial charge in [-0.05, 0) is 18.5 Å². The zero-order chi connectivity index (χ0) is 14.8. The van der Waals surface area contributed by atoms with Gasteiger partial charge in [0.25, 0.3) is 0 Å². The summed E-state index contributed by atoms with van der Waals surface area (Å²) in [6.07, 6.45) is 0.903. The molecule has 0 spiro atoms. The smallest absolute Gasteiger partial charge is 0.244 e. The molecule has 0 aliphatic heterocycles. The molecule has 1 rings (SSSR count). The molecule has 5 heteroatoms. The quantitative estimate of drug-likeness (QED) is 0.628. The number of methoxy groups -OCH3 is 1. The summed E-state index contributed by atoms with van der Waals surface area (Å²) in [6.45, 7) is 3.82. The molecule has 0 heterocycles. The Kier molecular flexibility index (Phi) is 7.22. The van der Waals surface area contributed by atoms with Crippen LogP contribution in [0.25, 0.3) is 0 Å². The van der Waals surface area contributed by atoms with Crippen LogP contribution < -0.4 is 11.1 Å². The van der Waals surface area contributed by atoms with Crippen molar-refractivity contribution in [2.45, 2.75) is 18.9 Å². The minimum Gasteiger partial charge on any atom is -0.382 e. The van der Waals surface area contributed by atoms with Gasteiger partial charge in [-0.15, -0.1) is 0 Å². The lowest BCUT2D eigenvalue weighted by Crippen LogP contribution is -2.56. The maximum Gasteiger partial charge on any atom is 0.244 e. The Morgan fingerprint density at radius 1 is 1.30 bits per heavy atom. The van der Waals surface area contributed by atoms with Crippen LogP contribution in [-0.4, -0.2) is 39.4 Å². The molecule has 0 aliphatic rings. The molecule has 0 fully saturated rings.